The van der Waals surface area contributed by atoms with E-state index in [1.807, 2.05) is 0 Å². The number of carbonyl (C=O) groups excluding carboxylic acids is 2. The van der Waals surface area contributed by atoms with E-state index in [0.717, 1.165) is 0 Å². The number of rotatable bonds is 5. The van der Waals surface area contributed by atoms with E-state index in [2.05, 4.69) is 21.2 Å². The minimum absolute atomic E-state index is 0.272. The Hall–Kier alpha value is -2.07. The van der Waals surface area contributed by atoms with E-state index < -0.39 is 51.9 Å². The number of amides is 2. The van der Waals surface area contributed by atoms with E-state index in [1.54, 1.807) is 32.0 Å². The minimum atomic E-state index is -1.49. The van der Waals surface area contributed by atoms with Crippen LogP contribution in [0.3, 0.4) is 0 Å². The summed E-state index contributed by atoms with van der Waals surface area (Å²) in [6, 6.07) is 4.52. The van der Waals surface area contributed by atoms with E-state index in [4.69, 9.17) is 0 Å². The molecule has 0 spiro atoms. The Morgan fingerprint density at radius 2 is 1.89 bits per heavy atom. The summed E-state index contributed by atoms with van der Waals surface area (Å²) in [5, 5.41) is 20.9. The average molecular weight is 457 g/mol. The molecule has 27 heavy (non-hydrogen) atoms. The van der Waals surface area contributed by atoms with E-state index in [9.17, 15) is 29.4 Å². The molecule has 3 rings (SSSR count). The monoisotopic (exact) mass is 456 g/mol. The topological polar surface area (TPSA) is 124 Å². The molecule has 1 aromatic carbocycles. The lowest BCUT2D eigenvalue weighted by Crippen LogP contribution is -2.71. The van der Waals surface area contributed by atoms with Gasteiger partial charge in [0.05, 0.1) is 0 Å². The fraction of sp³-hybridized carbons (Fsp3) is 0.412. The number of carboxylic acid groups (broad SMARTS) is 2. The first-order chi connectivity index (χ1) is 12.6. The number of halogens is 1. The molecule has 1 aromatic rings. The van der Waals surface area contributed by atoms with E-state index >= 15 is 0 Å². The second-order valence-electron chi connectivity index (χ2n) is 6.88. The molecule has 3 unspecified atom stereocenters. The van der Waals surface area contributed by atoms with Crippen molar-refractivity contribution in [1.82, 2.24) is 10.2 Å². The third kappa shape index (κ3) is 3.20. The Morgan fingerprint density at radius 1 is 1.26 bits per heavy atom. The molecule has 144 valence electrons. The molecule has 2 aliphatic rings. The van der Waals surface area contributed by atoms with Crippen molar-refractivity contribution >= 4 is 51.4 Å². The number of fused-ring (bicyclic) bond motifs is 1. The lowest BCUT2D eigenvalue weighted by atomic mass is 9.94. The maximum atomic E-state index is 12.6. The Labute approximate surface area is 167 Å². The molecule has 0 aromatic heterocycles. The first-order valence-electron chi connectivity index (χ1n) is 8.06. The number of hydrogen-bond acceptors (Lipinski definition) is 5. The van der Waals surface area contributed by atoms with Crippen LogP contribution in [-0.4, -0.2) is 61.1 Å². The number of carbonyl (C=O) groups is 4. The number of nitrogens with one attached hydrogen (secondary N) is 1. The van der Waals surface area contributed by atoms with Gasteiger partial charge in [0.1, 0.15) is 17.5 Å². The van der Waals surface area contributed by atoms with Crippen molar-refractivity contribution in [2.45, 2.75) is 42.0 Å². The molecule has 4 atom stereocenters. The lowest BCUT2D eigenvalue weighted by molar-refractivity contribution is -0.161. The zero-order valence-corrected chi connectivity index (χ0v) is 16.8. The summed E-state index contributed by atoms with van der Waals surface area (Å²) in [5.74, 6) is -5.27. The van der Waals surface area contributed by atoms with Crippen LogP contribution in [0, 0.1) is 0 Å². The van der Waals surface area contributed by atoms with Crippen LogP contribution in [-0.2, 0) is 19.2 Å². The van der Waals surface area contributed by atoms with Gasteiger partial charge >= 0.3 is 11.9 Å². The summed E-state index contributed by atoms with van der Waals surface area (Å²) >= 11 is 4.52. The predicted octanol–water partition coefficient (Wildman–Crippen LogP) is 1.25. The van der Waals surface area contributed by atoms with Crippen molar-refractivity contribution in [1.29, 1.82) is 0 Å². The average Bonchev–Trinajstić information content (AvgIpc) is 2.82. The first kappa shape index (κ1) is 19.7. The van der Waals surface area contributed by atoms with Gasteiger partial charge < -0.3 is 20.4 Å². The molecule has 2 fully saturated rings. The molecule has 2 saturated heterocycles. The standard InChI is InChI=1S/C17H17BrN2O6S/c1-17(2)11(16(25)26)20-13(22)10(14(20)27-17)19-12(21)9(15(23)24)7-5-3-4-6-8(7)18/h3-6,9-11,14H,1-2H3,(H,19,21)(H,23,24)(H,25,26)/t9?,10?,11?,14-/m0/s1. The van der Waals surface area contributed by atoms with Crippen molar-refractivity contribution in [2.75, 3.05) is 0 Å². The molecule has 10 heteroatoms. The van der Waals surface area contributed by atoms with E-state index in [0.29, 0.717) is 4.47 Å². The Bertz CT molecular complexity index is 844. The largest absolute Gasteiger partial charge is 0.480 e. The number of β-lactam (4-membered cyclic amide) rings is 1. The highest BCUT2D eigenvalue weighted by Crippen LogP contribution is 2.50. The number of nitrogens with zero attached hydrogens (tertiary/aromatic N) is 1. The van der Waals surface area contributed by atoms with Gasteiger partial charge in [-0.05, 0) is 25.5 Å². The molecular weight excluding hydrogens is 440 g/mol. The van der Waals surface area contributed by atoms with Crippen LogP contribution < -0.4 is 5.32 Å². The smallest absolute Gasteiger partial charge is 0.327 e. The van der Waals surface area contributed by atoms with Gasteiger partial charge in [0, 0.05) is 9.22 Å². The quantitative estimate of drug-likeness (QED) is 0.449. The molecule has 0 radical (unpaired) electrons. The van der Waals surface area contributed by atoms with Gasteiger partial charge in [-0.1, -0.05) is 34.1 Å². The van der Waals surface area contributed by atoms with Crippen LogP contribution in [0.25, 0.3) is 0 Å². The van der Waals surface area contributed by atoms with Crippen molar-refractivity contribution in [3.05, 3.63) is 34.3 Å². The SMILES string of the molecule is CC1(C)S[C@H]2C(NC(=O)C(C(=O)O)c3ccccc3Br)C(=O)N2C1C(=O)O. The van der Waals surface area contributed by atoms with Gasteiger partial charge in [0.25, 0.3) is 0 Å². The van der Waals surface area contributed by atoms with Crippen LogP contribution in [0.4, 0.5) is 0 Å². The maximum absolute atomic E-state index is 12.6. The highest BCUT2D eigenvalue weighted by molar-refractivity contribution is 9.10. The third-order valence-electron chi connectivity index (χ3n) is 4.70. The zero-order valence-electron chi connectivity index (χ0n) is 14.4. The van der Waals surface area contributed by atoms with Crippen molar-refractivity contribution in [2.24, 2.45) is 0 Å². The van der Waals surface area contributed by atoms with Gasteiger partial charge in [-0.25, -0.2) is 4.79 Å². The second-order valence-corrected chi connectivity index (χ2v) is 9.50. The molecule has 3 N–H and O–H groups in total. The fourth-order valence-corrected chi connectivity index (χ4v) is 5.62. The van der Waals surface area contributed by atoms with Crippen LogP contribution in [0.5, 0.6) is 0 Å². The summed E-state index contributed by atoms with van der Waals surface area (Å²) < 4.78 is -0.253. The highest BCUT2D eigenvalue weighted by Gasteiger charge is 2.64. The predicted molar refractivity (Wildman–Crippen MR) is 100 cm³/mol. The summed E-state index contributed by atoms with van der Waals surface area (Å²) in [6.07, 6.45) is 0. The third-order valence-corrected chi connectivity index (χ3v) is 6.99. The molecule has 0 aliphatic carbocycles. The summed E-state index contributed by atoms with van der Waals surface area (Å²) in [4.78, 5) is 49.5. The van der Waals surface area contributed by atoms with Gasteiger partial charge in [-0.3, -0.25) is 14.4 Å². The molecule has 2 amide bonds. The number of benzene rings is 1. The molecule has 8 nitrogen and oxygen atoms in total. The molecule has 0 saturated carbocycles. The Kier molecular flexibility index (Phi) is 4.98. The first-order valence-corrected chi connectivity index (χ1v) is 9.74. The van der Waals surface area contributed by atoms with Crippen molar-refractivity contribution < 1.29 is 29.4 Å². The zero-order chi connectivity index (χ0) is 20.1. The molecule has 2 heterocycles. The van der Waals surface area contributed by atoms with Crippen LogP contribution in [0.1, 0.15) is 25.3 Å². The Morgan fingerprint density at radius 3 is 2.44 bits per heavy atom. The lowest BCUT2D eigenvalue weighted by Gasteiger charge is -2.43. The number of carboxylic acids is 2. The molecule has 2 aliphatic heterocycles. The maximum Gasteiger partial charge on any atom is 0.327 e. The second kappa shape index (κ2) is 6.83. The van der Waals surface area contributed by atoms with Crippen LogP contribution in [0.2, 0.25) is 0 Å². The number of aliphatic carboxylic acids is 2. The Balaban J connectivity index is 1.81. The minimum Gasteiger partial charge on any atom is -0.480 e. The van der Waals surface area contributed by atoms with Gasteiger partial charge in [0.2, 0.25) is 11.8 Å². The molecule has 0 bridgehead atoms. The van der Waals surface area contributed by atoms with Crippen molar-refractivity contribution in [3.63, 3.8) is 0 Å². The summed E-state index contributed by atoms with van der Waals surface area (Å²) in [7, 11) is 0. The van der Waals surface area contributed by atoms with Crippen LogP contribution in [0.15, 0.2) is 28.7 Å². The summed E-state index contributed by atoms with van der Waals surface area (Å²) in [6.45, 7) is 3.45. The van der Waals surface area contributed by atoms with Crippen LogP contribution >= 0.6 is 27.7 Å². The van der Waals surface area contributed by atoms with E-state index in [-0.39, 0.29) is 5.56 Å². The normalized spacial score (nSPS) is 26.7. The fourth-order valence-electron chi connectivity index (χ4n) is 3.48. The van der Waals surface area contributed by atoms with Gasteiger partial charge in [-0.15, -0.1) is 11.8 Å². The van der Waals surface area contributed by atoms with Gasteiger partial charge in [0.15, 0.2) is 5.92 Å². The highest BCUT2D eigenvalue weighted by atomic mass is 79.9. The van der Waals surface area contributed by atoms with Crippen molar-refractivity contribution in [3.8, 4) is 0 Å². The van der Waals surface area contributed by atoms with Gasteiger partial charge in [-0.2, -0.15) is 0 Å². The number of thioether (sulfide) groups is 1. The molecular formula is C17H17BrN2O6S. The summed E-state index contributed by atoms with van der Waals surface area (Å²) in [5.41, 5.74) is 0.272. The van der Waals surface area contributed by atoms with E-state index in [1.165, 1.54) is 22.7 Å². The number of hydrogen-bond donors (Lipinski definition) is 3.